The Bertz CT molecular complexity index is 1530. The monoisotopic (exact) mass is 506 g/mol. The Kier molecular flexibility index (Phi) is 5.91. The van der Waals surface area contributed by atoms with E-state index in [2.05, 4.69) is 4.72 Å². The van der Waals surface area contributed by atoms with Crippen LogP contribution in [0.2, 0.25) is 0 Å². The number of piperidine rings is 1. The Morgan fingerprint density at radius 3 is 2.42 bits per heavy atom. The molecule has 1 saturated heterocycles. The molecule has 2 atom stereocenters. The summed E-state index contributed by atoms with van der Waals surface area (Å²) in [4.78, 5) is 39.3. The number of carboxylic acid groups (broad SMARTS) is 1. The molecule has 0 unspecified atom stereocenters. The highest BCUT2D eigenvalue weighted by atomic mass is 32.2. The Hall–Kier alpha value is -3.92. The third-order valence-corrected chi connectivity index (χ3v) is 8.19. The van der Waals surface area contributed by atoms with Crippen LogP contribution < -0.4 is 15.4 Å². The zero-order valence-electron chi connectivity index (χ0n) is 19.5. The molecule has 3 heterocycles. The first-order chi connectivity index (χ1) is 17.1. The molecule has 0 spiro atoms. The molecule has 9 nitrogen and oxygen atoms in total. The Morgan fingerprint density at radius 1 is 0.972 bits per heavy atom. The number of amides is 1. The molecule has 1 aromatic heterocycles. The van der Waals surface area contributed by atoms with Crippen LogP contribution >= 0.6 is 0 Å². The van der Waals surface area contributed by atoms with Crippen molar-refractivity contribution in [2.24, 2.45) is 5.92 Å². The number of hydrogen-bond acceptors (Lipinski definition) is 6. The van der Waals surface area contributed by atoms with Gasteiger partial charge in [-0.15, -0.1) is 0 Å². The summed E-state index contributed by atoms with van der Waals surface area (Å²) >= 11 is 0. The lowest BCUT2D eigenvalue weighted by Crippen LogP contribution is -2.49. The molecule has 2 bridgehead atoms. The van der Waals surface area contributed by atoms with Crippen molar-refractivity contribution in [3.63, 3.8) is 0 Å². The van der Waals surface area contributed by atoms with Gasteiger partial charge in [-0.2, -0.15) is 0 Å². The number of carboxylic acids is 1. The first-order valence-electron chi connectivity index (χ1n) is 11.6. The van der Waals surface area contributed by atoms with Crippen LogP contribution in [0, 0.1) is 12.8 Å². The van der Waals surface area contributed by atoms with Crippen LogP contribution in [0.4, 0.5) is 5.69 Å². The van der Waals surface area contributed by atoms with E-state index in [1.807, 2.05) is 6.92 Å². The SMILES string of the molecule is Cc1ccc(S(=O)(=O)Nc2ccc3n(c2=O)C[C@H]2C[C@@H]3CN(C(=O)c3cccc(C(=O)[O-])c3)C2)cc1. The number of carbonyl (C=O) groups is 2. The number of rotatable bonds is 5. The summed E-state index contributed by atoms with van der Waals surface area (Å²) in [5.41, 5.74) is 1.44. The first kappa shape index (κ1) is 23.8. The van der Waals surface area contributed by atoms with Crippen molar-refractivity contribution >= 4 is 27.6 Å². The van der Waals surface area contributed by atoms with Gasteiger partial charge in [0.05, 0.1) is 10.9 Å². The van der Waals surface area contributed by atoms with E-state index in [1.54, 1.807) is 33.7 Å². The quantitative estimate of drug-likeness (QED) is 0.560. The summed E-state index contributed by atoms with van der Waals surface area (Å²) < 4.78 is 29.6. The van der Waals surface area contributed by atoms with Crippen molar-refractivity contribution in [2.45, 2.75) is 30.7 Å². The molecule has 0 aliphatic carbocycles. The summed E-state index contributed by atoms with van der Waals surface area (Å²) in [5, 5.41) is 11.2. The van der Waals surface area contributed by atoms with E-state index in [4.69, 9.17) is 0 Å². The van der Waals surface area contributed by atoms with Crippen LogP contribution in [0.25, 0.3) is 0 Å². The van der Waals surface area contributed by atoms with E-state index in [9.17, 15) is 27.9 Å². The second kappa shape index (κ2) is 8.94. The molecule has 0 saturated carbocycles. The Morgan fingerprint density at radius 2 is 1.69 bits per heavy atom. The number of aromatic carboxylic acids is 1. The lowest BCUT2D eigenvalue weighted by atomic mass is 9.83. The normalized spacial score (nSPS) is 18.9. The predicted molar refractivity (Wildman–Crippen MR) is 130 cm³/mol. The van der Waals surface area contributed by atoms with Crippen molar-refractivity contribution in [3.05, 3.63) is 93.4 Å². The zero-order valence-corrected chi connectivity index (χ0v) is 20.3. The number of aromatic nitrogens is 1. The third-order valence-electron chi connectivity index (χ3n) is 6.81. The molecule has 1 fully saturated rings. The first-order valence-corrected chi connectivity index (χ1v) is 13.0. The number of aryl methyl sites for hydroxylation is 1. The van der Waals surface area contributed by atoms with E-state index in [-0.39, 0.29) is 39.5 Å². The molecule has 2 aliphatic rings. The van der Waals surface area contributed by atoms with E-state index in [0.29, 0.717) is 19.6 Å². The molecule has 5 rings (SSSR count). The van der Waals surface area contributed by atoms with Gasteiger partial charge in [0.15, 0.2) is 0 Å². The number of likely N-dealkylation sites (tertiary alicyclic amines) is 1. The molecule has 2 aromatic carbocycles. The summed E-state index contributed by atoms with van der Waals surface area (Å²) in [6.07, 6.45) is 0.802. The highest BCUT2D eigenvalue weighted by molar-refractivity contribution is 7.92. The summed E-state index contributed by atoms with van der Waals surface area (Å²) in [6.45, 7) is 3.00. The molecular weight excluding hydrogens is 482 g/mol. The minimum absolute atomic E-state index is 0.00572. The number of nitrogens with one attached hydrogen (secondary N) is 1. The summed E-state index contributed by atoms with van der Waals surface area (Å²) in [7, 11) is -3.92. The molecule has 0 radical (unpaired) electrons. The van der Waals surface area contributed by atoms with Crippen LogP contribution in [0.3, 0.4) is 0 Å². The van der Waals surface area contributed by atoms with Gasteiger partial charge in [0.2, 0.25) is 0 Å². The maximum absolute atomic E-state index is 13.2. The van der Waals surface area contributed by atoms with Gasteiger partial charge >= 0.3 is 0 Å². The Balaban J connectivity index is 1.39. The van der Waals surface area contributed by atoms with Crippen LogP contribution in [0.15, 0.2) is 70.4 Å². The van der Waals surface area contributed by atoms with Crippen LogP contribution in [0.5, 0.6) is 0 Å². The molecule has 1 amide bonds. The van der Waals surface area contributed by atoms with Gasteiger partial charge in [0, 0.05) is 36.8 Å². The maximum Gasteiger partial charge on any atom is 0.275 e. The highest BCUT2D eigenvalue weighted by Crippen LogP contribution is 2.36. The average Bonchev–Trinajstić information content (AvgIpc) is 2.85. The van der Waals surface area contributed by atoms with Crippen LogP contribution in [-0.2, 0) is 16.6 Å². The van der Waals surface area contributed by atoms with Crippen molar-refractivity contribution < 1.29 is 23.1 Å². The second-order valence-electron chi connectivity index (χ2n) is 9.38. The molecule has 10 heteroatoms. The Labute approximate surface area is 208 Å². The van der Waals surface area contributed by atoms with Gasteiger partial charge in [0.25, 0.3) is 21.5 Å². The maximum atomic E-state index is 13.2. The van der Waals surface area contributed by atoms with Crippen molar-refractivity contribution in [1.29, 1.82) is 0 Å². The number of nitrogens with zero attached hydrogens (tertiary/aromatic N) is 2. The minimum Gasteiger partial charge on any atom is -0.545 e. The van der Waals surface area contributed by atoms with Crippen molar-refractivity contribution in [3.8, 4) is 0 Å². The van der Waals surface area contributed by atoms with Crippen LogP contribution in [-0.4, -0.2) is 42.9 Å². The summed E-state index contributed by atoms with van der Waals surface area (Å²) in [6, 6.07) is 15.4. The van der Waals surface area contributed by atoms with Crippen molar-refractivity contribution in [2.75, 3.05) is 17.8 Å². The van der Waals surface area contributed by atoms with Crippen molar-refractivity contribution in [1.82, 2.24) is 9.47 Å². The average molecular weight is 507 g/mol. The van der Waals surface area contributed by atoms with Gasteiger partial charge in [-0.3, -0.25) is 14.3 Å². The molecule has 2 aliphatic heterocycles. The number of benzene rings is 2. The standard InChI is InChI=1S/C26H25N3O6S/c1-16-5-7-21(8-6-16)36(34,35)27-22-9-10-23-20-11-17(14-29(23)25(22)31)13-28(15-20)24(30)18-3-2-4-19(12-18)26(32)33/h2-10,12,17,20,27H,11,13-15H2,1H3,(H,32,33)/p-1/t17-,20+/m0/s1. The topological polar surface area (TPSA) is 129 Å². The highest BCUT2D eigenvalue weighted by Gasteiger charge is 2.37. The number of hydrogen-bond donors (Lipinski definition) is 1. The van der Waals surface area contributed by atoms with Gasteiger partial charge in [-0.25, -0.2) is 8.42 Å². The minimum atomic E-state index is -3.92. The summed E-state index contributed by atoms with van der Waals surface area (Å²) in [5.74, 6) is -1.71. The van der Waals surface area contributed by atoms with Gasteiger partial charge in [-0.1, -0.05) is 29.8 Å². The van der Waals surface area contributed by atoms with Gasteiger partial charge in [0.1, 0.15) is 5.69 Å². The molecule has 1 N–H and O–H groups in total. The third kappa shape index (κ3) is 4.39. The van der Waals surface area contributed by atoms with Gasteiger partial charge in [-0.05, 0) is 61.2 Å². The van der Waals surface area contributed by atoms with E-state index in [1.165, 1.54) is 36.4 Å². The fraction of sp³-hybridized carbons (Fsp3) is 0.269. The van der Waals surface area contributed by atoms with Crippen LogP contribution in [0.1, 0.15) is 44.3 Å². The molecule has 186 valence electrons. The van der Waals surface area contributed by atoms with E-state index < -0.39 is 21.6 Å². The zero-order chi connectivity index (χ0) is 25.6. The molecule has 3 aromatic rings. The largest absolute Gasteiger partial charge is 0.545 e. The molecular formula is C26H24N3O6S-. The van der Waals surface area contributed by atoms with E-state index >= 15 is 0 Å². The fourth-order valence-corrected chi connectivity index (χ4v) is 6.13. The number of carbonyl (C=O) groups excluding carboxylic acids is 2. The predicted octanol–water partition coefficient (Wildman–Crippen LogP) is 1.58. The fourth-order valence-electron chi connectivity index (χ4n) is 5.07. The van der Waals surface area contributed by atoms with Gasteiger partial charge < -0.3 is 19.4 Å². The number of fused-ring (bicyclic) bond motifs is 4. The second-order valence-corrected chi connectivity index (χ2v) is 11.1. The number of anilines is 1. The number of pyridine rings is 1. The lowest BCUT2D eigenvalue weighted by Gasteiger charge is -2.43. The number of sulfonamides is 1. The molecule has 36 heavy (non-hydrogen) atoms. The van der Waals surface area contributed by atoms with E-state index in [0.717, 1.165) is 17.7 Å². The smallest absolute Gasteiger partial charge is 0.275 e. The lowest BCUT2D eigenvalue weighted by molar-refractivity contribution is -0.255.